The zero-order valence-electron chi connectivity index (χ0n) is 12.9. The molecule has 0 spiro atoms. The first-order valence-electron chi connectivity index (χ1n) is 7.70. The summed E-state index contributed by atoms with van der Waals surface area (Å²) in [7, 11) is -2.97. The smallest absolute Gasteiger partial charge is 0.150 e. The molecule has 3 atom stereocenters. The summed E-state index contributed by atoms with van der Waals surface area (Å²) in [6.07, 6.45) is 5.77. The molecule has 0 aliphatic heterocycles. The van der Waals surface area contributed by atoms with Crippen LogP contribution in [0.2, 0.25) is 0 Å². The lowest BCUT2D eigenvalue weighted by Crippen LogP contribution is -2.38. The van der Waals surface area contributed by atoms with Gasteiger partial charge in [-0.25, -0.2) is 8.42 Å². The van der Waals surface area contributed by atoms with Crippen molar-refractivity contribution >= 4 is 9.84 Å². The third-order valence-electron chi connectivity index (χ3n) is 4.69. The lowest BCUT2D eigenvalue weighted by Gasteiger charge is -2.34. The molecule has 0 saturated heterocycles. The first-order chi connectivity index (χ1) is 9.97. The number of aryl methyl sites for hydroxylation is 1. The molecule has 0 aromatic heterocycles. The summed E-state index contributed by atoms with van der Waals surface area (Å²) in [5.41, 5.74) is 5.43. The molecule has 5 heteroatoms. The molecule has 3 N–H and O–H groups in total. The van der Waals surface area contributed by atoms with Crippen molar-refractivity contribution in [2.75, 3.05) is 6.26 Å². The Morgan fingerprint density at radius 2 is 2.05 bits per heavy atom. The fourth-order valence-corrected chi connectivity index (χ4v) is 4.70. The van der Waals surface area contributed by atoms with Crippen LogP contribution in [0.5, 0.6) is 0 Å². The van der Waals surface area contributed by atoms with Crippen LogP contribution in [0.25, 0.3) is 0 Å². The van der Waals surface area contributed by atoms with Gasteiger partial charge in [0, 0.05) is 12.3 Å². The molecule has 1 aromatic carbocycles. The Hall–Kier alpha value is -0.910. The van der Waals surface area contributed by atoms with E-state index in [0.29, 0.717) is 6.42 Å². The summed E-state index contributed by atoms with van der Waals surface area (Å²) in [5.74, 6) is 6.09. The maximum atomic E-state index is 11.9. The molecule has 1 aliphatic carbocycles. The van der Waals surface area contributed by atoms with Gasteiger partial charge < -0.3 is 0 Å². The summed E-state index contributed by atoms with van der Waals surface area (Å²) in [6, 6.07) is 8.32. The molecule has 0 bridgehead atoms. The Balaban J connectivity index is 2.25. The Kier molecular flexibility index (Phi) is 5.41. The van der Waals surface area contributed by atoms with Gasteiger partial charge in [0.2, 0.25) is 0 Å². The Bertz CT molecular complexity index is 571. The van der Waals surface area contributed by atoms with Gasteiger partial charge in [-0.05, 0) is 42.7 Å². The van der Waals surface area contributed by atoms with Crippen LogP contribution in [-0.4, -0.2) is 19.9 Å². The van der Waals surface area contributed by atoms with Crippen LogP contribution in [0.3, 0.4) is 0 Å². The fourth-order valence-electron chi connectivity index (χ4n) is 3.51. The number of hydrogen-bond donors (Lipinski definition) is 2. The Morgan fingerprint density at radius 1 is 1.33 bits per heavy atom. The second-order valence-electron chi connectivity index (χ2n) is 6.07. The van der Waals surface area contributed by atoms with E-state index < -0.39 is 9.84 Å². The van der Waals surface area contributed by atoms with Crippen LogP contribution in [-0.2, 0) is 16.3 Å². The standard InChI is InChI=1S/C16H26N2O2S/c1-3-12-7-4-5-10-15(12)16(18-17)13-8-6-9-14(11-13)21(2,19)20/h4-5,7,10,13-14,16,18H,3,6,8-9,11,17H2,1-2H3. The summed E-state index contributed by atoms with van der Waals surface area (Å²) >= 11 is 0. The van der Waals surface area contributed by atoms with E-state index in [1.165, 1.54) is 17.4 Å². The van der Waals surface area contributed by atoms with E-state index >= 15 is 0 Å². The molecular weight excluding hydrogens is 284 g/mol. The number of nitrogens with two attached hydrogens (primary N) is 1. The predicted octanol–water partition coefficient (Wildman–Crippen LogP) is 2.36. The van der Waals surface area contributed by atoms with Gasteiger partial charge in [0.1, 0.15) is 9.84 Å². The highest BCUT2D eigenvalue weighted by Gasteiger charge is 2.33. The molecule has 118 valence electrons. The second-order valence-corrected chi connectivity index (χ2v) is 8.40. The highest BCUT2D eigenvalue weighted by molar-refractivity contribution is 7.91. The van der Waals surface area contributed by atoms with Crippen molar-refractivity contribution in [1.29, 1.82) is 0 Å². The van der Waals surface area contributed by atoms with Crippen LogP contribution in [0.4, 0.5) is 0 Å². The quantitative estimate of drug-likeness (QED) is 0.647. The largest absolute Gasteiger partial charge is 0.271 e. The summed E-state index contributed by atoms with van der Waals surface area (Å²) < 4.78 is 23.7. The van der Waals surface area contributed by atoms with Crippen molar-refractivity contribution < 1.29 is 8.42 Å². The molecule has 1 saturated carbocycles. The van der Waals surface area contributed by atoms with E-state index in [1.807, 2.05) is 12.1 Å². The lowest BCUT2D eigenvalue weighted by atomic mass is 9.80. The molecule has 0 amide bonds. The van der Waals surface area contributed by atoms with Crippen LogP contribution in [0, 0.1) is 5.92 Å². The van der Waals surface area contributed by atoms with Gasteiger partial charge in [-0.2, -0.15) is 0 Å². The molecule has 0 heterocycles. The number of rotatable bonds is 5. The SMILES string of the molecule is CCc1ccccc1C(NN)C1CCCC(S(C)(=O)=O)C1. The highest BCUT2D eigenvalue weighted by Crippen LogP contribution is 2.37. The predicted molar refractivity (Wildman–Crippen MR) is 86.5 cm³/mol. The zero-order valence-corrected chi connectivity index (χ0v) is 13.7. The first kappa shape index (κ1) is 16.5. The van der Waals surface area contributed by atoms with Gasteiger partial charge in [-0.1, -0.05) is 37.6 Å². The lowest BCUT2D eigenvalue weighted by molar-refractivity contribution is 0.273. The number of hydrazine groups is 1. The van der Waals surface area contributed by atoms with E-state index in [9.17, 15) is 8.42 Å². The van der Waals surface area contributed by atoms with E-state index in [1.54, 1.807) is 0 Å². The number of hydrogen-bond acceptors (Lipinski definition) is 4. The molecule has 4 nitrogen and oxygen atoms in total. The van der Waals surface area contributed by atoms with E-state index in [4.69, 9.17) is 5.84 Å². The van der Waals surface area contributed by atoms with Crippen molar-refractivity contribution in [1.82, 2.24) is 5.43 Å². The van der Waals surface area contributed by atoms with Crippen LogP contribution in [0.15, 0.2) is 24.3 Å². The van der Waals surface area contributed by atoms with Gasteiger partial charge in [0.25, 0.3) is 0 Å². The van der Waals surface area contributed by atoms with E-state index in [0.717, 1.165) is 25.7 Å². The van der Waals surface area contributed by atoms with Crippen molar-refractivity contribution in [3.63, 3.8) is 0 Å². The normalized spacial score (nSPS) is 24.7. The summed E-state index contributed by atoms with van der Waals surface area (Å²) in [5, 5.41) is -0.221. The Labute approximate surface area is 128 Å². The van der Waals surface area contributed by atoms with Gasteiger partial charge in [0.05, 0.1) is 5.25 Å². The molecule has 1 aliphatic rings. The van der Waals surface area contributed by atoms with E-state index in [2.05, 4.69) is 24.5 Å². The molecule has 21 heavy (non-hydrogen) atoms. The van der Waals surface area contributed by atoms with Crippen LogP contribution >= 0.6 is 0 Å². The zero-order chi connectivity index (χ0) is 15.5. The molecule has 3 unspecified atom stereocenters. The van der Waals surface area contributed by atoms with E-state index in [-0.39, 0.29) is 17.2 Å². The van der Waals surface area contributed by atoms with Gasteiger partial charge in [-0.15, -0.1) is 0 Å². The topological polar surface area (TPSA) is 72.2 Å². The van der Waals surface area contributed by atoms with Gasteiger partial charge >= 0.3 is 0 Å². The van der Waals surface area contributed by atoms with Crippen molar-refractivity contribution in [3.05, 3.63) is 35.4 Å². The average molecular weight is 310 g/mol. The molecule has 2 rings (SSSR count). The van der Waals surface area contributed by atoms with Crippen molar-refractivity contribution in [2.24, 2.45) is 11.8 Å². The third-order valence-corrected chi connectivity index (χ3v) is 6.33. The number of nitrogens with one attached hydrogen (secondary N) is 1. The summed E-state index contributed by atoms with van der Waals surface area (Å²) in [4.78, 5) is 0. The number of sulfone groups is 1. The van der Waals surface area contributed by atoms with Gasteiger partial charge in [0.15, 0.2) is 0 Å². The minimum Gasteiger partial charge on any atom is -0.271 e. The third kappa shape index (κ3) is 3.84. The monoisotopic (exact) mass is 310 g/mol. The van der Waals surface area contributed by atoms with Crippen LogP contribution in [0.1, 0.15) is 49.8 Å². The molecule has 1 fully saturated rings. The maximum Gasteiger partial charge on any atom is 0.150 e. The maximum absolute atomic E-state index is 11.9. The van der Waals surface area contributed by atoms with Gasteiger partial charge in [-0.3, -0.25) is 11.3 Å². The minimum absolute atomic E-state index is 0.0331. The molecular formula is C16H26N2O2S. The minimum atomic E-state index is -2.97. The second kappa shape index (κ2) is 6.90. The average Bonchev–Trinajstić information content (AvgIpc) is 2.48. The Morgan fingerprint density at radius 3 is 2.67 bits per heavy atom. The molecule has 1 aromatic rings. The summed E-state index contributed by atoms with van der Waals surface area (Å²) in [6.45, 7) is 2.13. The fraction of sp³-hybridized carbons (Fsp3) is 0.625. The van der Waals surface area contributed by atoms with Crippen molar-refractivity contribution in [2.45, 2.75) is 50.3 Å². The number of benzene rings is 1. The van der Waals surface area contributed by atoms with Crippen molar-refractivity contribution in [3.8, 4) is 0 Å². The highest BCUT2D eigenvalue weighted by atomic mass is 32.2. The van der Waals surface area contributed by atoms with Crippen LogP contribution < -0.4 is 11.3 Å². The first-order valence-corrected chi connectivity index (χ1v) is 9.65. The molecule has 0 radical (unpaired) electrons.